The number of rotatable bonds is 4. The van der Waals surface area contributed by atoms with Gasteiger partial charge in [0.15, 0.2) is 0 Å². The maximum absolute atomic E-state index is 12.9. The highest BCUT2D eigenvalue weighted by Gasteiger charge is 2.38. The number of hydrogen-bond acceptors (Lipinski definition) is 4. The number of methoxy groups -OCH3 is 1. The average molecular weight is 374 g/mol. The van der Waals surface area contributed by atoms with Crippen molar-refractivity contribution in [2.24, 2.45) is 0 Å². The van der Waals surface area contributed by atoms with Crippen molar-refractivity contribution in [2.75, 3.05) is 17.1 Å². The maximum Gasteiger partial charge on any atom is 0.262 e. The number of hydrogen-bond donors (Lipinski definition) is 2. The van der Waals surface area contributed by atoms with Crippen LogP contribution in [-0.2, 0) is 20.2 Å². The molecule has 2 N–H and O–H groups in total. The molecule has 0 bridgehead atoms. The molecule has 2 aromatic carbocycles. The summed E-state index contributed by atoms with van der Waals surface area (Å²) in [4.78, 5) is 12.3. The lowest BCUT2D eigenvalue weighted by Crippen LogP contribution is -2.27. The van der Waals surface area contributed by atoms with Crippen LogP contribution in [0.15, 0.2) is 35.2 Å². The van der Waals surface area contributed by atoms with Gasteiger partial charge in [0.1, 0.15) is 5.75 Å². The molecule has 1 aliphatic heterocycles. The number of anilines is 2. The molecule has 26 heavy (non-hydrogen) atoms. The standard InChI is InChI=1S/C19H22N2O4S/c1-11-9-17(12(2)8-16(11)25-5)26(23,24)21-13-6-7-15-14(10-13)19(3,4)18(22)20-15/h6-10,21H,1-5H3,(H,20,22). The first-order valence-corrected chi connectivity index (χ1v) is 9.68. The van der Waals surface area contributed by atoms with Crippen LogP contribution in [0, 0.1) is 13.8 Å². The van der Waals surface area contributed by atoms with E-state index in [9.17, 15) is 13.2 Å². The highest BCUT2D eigenvalue weighted by molar-refractivity contribution is 7.92. The third-order valence-electron chi connectivity index (χ3n) is 4.74. The van der Waals surface area contributed by atoms with Crippen LogP contribution in [0.3, 0.4) is 0 Å². The predicted octanol–water partition coefficient (Wildman–Crippen LogP) is 3.34. The van der Waals surface area contributed by atoms with Gasteiger partial charge in [0.25, 0.3) is 10.0 Å². The summed E-state index contributed by atoms with van der Waals surface area (Å²) in [6.07, 6.45) is 0. The Hall–Kier alpha value is -2.54. The molecule has 1 heterocycles. The van der Waals surface area contributed by atoms with Crippen molar-refractivity contribution in [2.45, 2.75) is 38.0 Å². The zero-order valence-corrected chi connectivity index (χ0v) is 16.2. The molecular weight excluding hydrogens is 352 g/mol. The molecule has 0 radical (unpaired) electrons. The van der Waals surface area contributed by atoms with E-state index >= 15 is 0 Å². The Balaban J connectivity index is 1.99. The van der Waals surface area contributed by atoms with E-state index in [2.05, 4.69) is 10.0 Å². The zero-order chi connectivity index (χ0) is 19.3. The van der Waals surface area contributed by atoms with Crippen LogP contribution in [-0.4, -0.2) is 21.4 Å². The maximum atomic E-state index is 12.9. The average Bonchev–Trinajstić information content (AvgIpc) is 2.78. The van der Waals surface area contributed by atoms with Gasteiger partial charge in [-0.1, -0.05) is 0 Å². The van der Waals surface area contributed by atoms with Gasteiger partial charge in [-0.3, -0.25) is 9.52 Å². The fraction of sp³-hybridized carbons (Fsp3) is 0.316. The van der Waals surface area contributed by atoms with Gasteiger partial charge in [-0.2, -0.15) is 0 Å². The Bertz CT molecular complexity index is 1010. The lowest BCUT2D eigenvalue weighted by Gasteiger charge is -2.17. The van der Waals surface area contributed by atoms with E-state index in [0.717, 1.165) is 11.1 Å². The van der Waals surface area contributed by atoms with Crippen molar-refractivity contribution in [3.63, 3.8) is 0 Å². The van der Waals surface area contributed by atoms with E-state index in [1.54, 1.807) is 51.3 Å². The SMILES string of the molecule is COc1cc(C)c(S(=O)(=O)Nc2ccc3c(c2)C(C)(C)C(=O)N3)cc1C. The number of carbonyl (C=O) groups excluding carboxylic acids is 1. The first-order chi connectivity index (χ1) is 12.1. The van der Waals surface area contributed by atoms with Gasteiger partial charge in [0, 0.05) is 11.4 Å². The second-order valence-corrected chi connectivity index (χ2v) is 8.68. The van der Waals surface area contributed by atoms with E-state index in [1.807, 2.05) is 13.8 Å². The number of nitrogens with one attached hydrogen (secondary N) is 2. The molecule has 0 unspecified atom stereocenters. The number of amides is 1. The van der Waals surface area contributed by atoms with Crippen molar-refractivity contribution in [1.29, 1.82) is 0 Å². The Kier molecular flexibility index (Phi) is 4.23. The normalized spacial score (nSPS) is 15.3. The number of benzene rings is 2. The molecule has 3 rings (SSSR count). The smallest absolute Gasteiger partial charge is 0.262 e. The molecule has 1 aliphatic rings. The quantitative estimate of drug-likeness (QED) is 0.860. The first kappa shape index (κ1) is 18.3. The number of aryl methyl sites for hydroxylation is 2. The number of ether oxygens (including phenoxy) is 1. The fourth-order valence-electron chi connectivity index (χ4n) is 3.12. The minimum Gasteiger partial charge on any atom is -0.496 e. The van der Waals surface area contributed by atoms with Gasteiger partial charge in [-0.15, -0.1) is 0 Å². The van der Waals surface area contributed by atoms with Gasteiger partial charge in [-0.25, -0.2) is 8.42 Å². The van der Waals surface area contributed by atoms with Crippen LogP contribution in [0.4, 0.5) is 11.4 Å². The van der Waals surface area contributed by atoms with Crippen LogP contribution in [0.2, 0.25) is 0 Å². The van der Waals surface area contributed by atoms with Crippen molar-refractivity contribution < 1.29 is 17.9 Å². The molecule has 2 aromatic rings. The topological polar surface area (TPSA) is 84.5 Å². The van der Waals surface area contributed by atoms with Crippen LogP contribution in [0.25, 0.3) is 0 Å². The van der Waals surface area contributed by atoms with E-state index in [0.29, 0.717) is 22.7 Å². The second-order valence-electron chi connectivity index (χ2n) is 7.03. The Morgan fingerprint density at radius 1 is 1.08 bits per heavy atom. The molecule has 0 aromatic heterocycles. The summed E-state index contributed by atoms with van der Waals surface area (Å²) >= 11 is 0. The summed E-state index contributed by atoms with van der Waals surface area (Å²) in [6, 6.07) is 8.36. The van der Waals surface area contributed by atoms with Crippen molar-refractivity contribution in [3.8, 4) is 5.75 Å². The number of sulfonamides is 1. The minimum atomic E-state index is -3.77. The molecule has 0 aliphatic carbocycles. The number of fused-ring (bicyclic) bond motifs is 1. The van der Waals surface area contributed by atoms with Gasteiger partial charge >= 0.3 is 0 Å². The largest absolute Gasteiger partial charge is 0.496 e. The fourth-order valence-corrected chi connectivity index (χ4v) is 4.48. The monoisotopic (exact) mass is 374 g/mol. The molecule has 7 heteroatoms. The molecule has 0 saturated carbocycles. The first-order valence-electron chi connectivity index (χ1n) is 8.20. The van der Waals surface area contributed by atoms with Crippen LogP contribution < -0.4 is 14.8 Å². The lowest BCUT2D eigenvalue weighted by atomic mass is 9.86. The van der Waals surface area contributed by atoms with Crippen LogP contribution in [0.1, 0.15) is 30.5 Å². The summed E-state index contributed by atoms with van der Waals surface area (Å²) in [5.41, 5.74) is 2.52. The summed E-state index contributed by atoms with van der Waals surface area (Å²) in [7, 11) is -2.22. The Morgan fingerprint density at radius 2 is 1.77 bits per heavy atom. The van der Waals surface area contributed by atoms with Gasteiger partial charge in [-0.05, 0) is 74.7 Å². The number of carbonyl (C=O) groups is 1. The summed E-state index contributed by atoms with van der Waals surface area (Å²) in [5.74, 6) is 0.541. The summed E-state index contributed by atoms with van der Waals surface area (Å²) in [6.45, 7) is 7.14. The zero-order valence-electron chi connectivity index (χ0n) is 15.4. The second kappa shape index (κ2) is 6.02. The molecular formula is C19H22N2O4S. The summed E-state index contributed by atoms with van der Waals surface area (Å²) in [5, 5.41) is 2.81. The highest BCUT2D eigenvalue weighted by atomic mass is 32.2. The van der Waals surface area contributed by atoms with Gasteiger partial charge < -0.3 is 10.1 Å². The Morgan fingerprint density at radius 3 is 2.42 bits per heavy atom. The van der Waals surface area contributed by atoms with E-state index in [1.165, 1.54) is 0 Å². The third kappa shape index (κ3) is 2.92. The molecule has 6 nitrogen and oxygen atoms in total. The van der Waals surface area contributed by atoms with Gasteiger partial charge in [0.2, 0.25) is 5.91 Å². The van der Waals surface area contributed by atoms with Crippen molar-refractivity contribution >= 4 is 27.3 Å². The molecule has 1 amide bonds. The third-order valence-corrected chi connectivity index (χ3v) is 6.27. The van der Waals surface area contributed by atoms with Gasteiger partial charge in [0.05, 0.1) is 17.4 Å². The molecule has 0 fully saturated rings. The van der Waals surface area contributed by atoms with E-state index < -0.39 is 15.4 Å². The molecule has 0 atom stereocenters. The van der Waals surface area contributed by atoms with Crippen LogP contribution >= 0.6 is 0 Å². The van der Waals surface area contributed by atoms with Crippen molar-refractivity contribution in [3.05, 3.63) is 47.0 Å². The molecule has 0 saturated heterocycles. The van der Waals surface area contributed by atoms with E-state index in [-0.39, 0.29) is 10.8 Å². The molecule has 138 valence electrons. The summed E-state index contributed by atoms with van der Waals surface area (Å²) < 4.78 is 33.6. The molecule has 0 spiro atoms. The van der Waals surface area contributed by atoms with Crippen LogP contribution in [0.5, 0.6) is 5.75 Å². The lowest BCUT2D eigenvalue weighted by molar-refractivity contribution is -0.119. The minimum absolute atomic E-state index is 0.103. The highest BCUT2D eigenvalue weighted by Crippen LogP contribution is 2.39. The predicted molar refractivity (Wildman–Crippen MR) is 101 cm³/mol. The Labute approximate surface area is 153 Å². The van der Waals surface area contributed by atoms with E-state index in [4.69, 9.17) is 4.74 Å². The van der Waals surface area contributed by atoms with Crippen molar-refractivity contribution in [1.82, 2.24) is 0 Å².